The van der Waals surface area contributed by atoms with Crippen LogP contribution in [-0.2, 0) is 13.1 Å². The molecule has 1 aromatic carbocycles. The van der Waals surface area contributed by atoms with Gasteiger partial charge >= 0.3 is 0 Å². The third-order valence-electron chi connectivity index (χ3n) is 3.41. The van der Waals surface area contributed by atoms with Crippen LogP contribution in [0.4, 0.5) is 0 Å². The first-order chi connectivity index (χ1) is 9.20. The Balaban J connectivity index is 1.94. The quantitative estimate of drug-likeness (QED) is 0.859. The van der Waals surface area contributed by atoms with Crippen molar-refractivity contribution in [3.63, 3.8) is 0 Å². The first-order valence-corrected chi connectivity index (χ1v) is 7.00. The van der Waals surface area contributed by atoms with E-state index in [0.717, 1.165) is 25.3 Å². The number of imidazole rings is 1. The molecule has 0 radical (unpaired) electrons. The van der Waals surface area contributed by atoms with Gasteiger partial charge in [0.05, 0.1) is 6.54 Å². The van der Waals surface area contributed by atoms with Crippen molar-refractivity contribution in [2.75, 3.05) is 0 Å². The van der Waals surface area contributed by atoms with Crippen molar-refractivity contribution < 1.29 is 0 Å². The van der Waals surface area contributed by atoms with Gasteiger partial charge in [-0.05, 0) is 25.8 Å². The van der Waals surface area contributed by atoms with E-state index < -0.39 is 0 Å². The van der Waals surface area contributed by atoms with Crippen LogP contribution in [0.25, 0.3) is 0 Å². The number of aromatic nitrogens is 2. The van der Waals surface area contributed by atoms with Gasteiger partial charge in [-0.2, -0.15) is 0 Å². The molecule has 3 heteroatoms. The normalized spacial score (nSPS) is 12.6. The number of benzene rings is 1. The first-order valence-electron chi connectivity index (χ1n) is 7.00. The molecule has 0 aliphatic carbocycles. The Hall–Kier alpha value is -1.61. The molecule has 19 heavy (non-hydrogen) atoms. The summed E-state index contributed by atoms with van der Waals surface area (Å²) in [6.07, 6.45) is 5.07. The third-order valence-corrected chi connectivity index (χ3v) is 3.41. The van der Waals surface area contributed by atoms with E-state index in [1.807, 2.05) is 6.20 Å². The average Bonchev–Trinajstić information content (AvgIpc) is 2.85. The zero-order chi connectivity index (χ0) is 13.7. The van der Waals surface area contributed by atoms with Gasteiger partial charge in [0.2, 0.25) is 0 Å². The van der Waals surface area contributed by atoms with Crippen LogP contribution in [0.3, 0.4) is 0 Å². The van der Waals surface area contributed by atoms with Crippen molar-refractivity contribution in [2.24, 2.45) is 0 Å². The van der Waals surface area contributed by atoms with E-state index in [-0.39, 0.29) is 0 Å². The maximum Gasteiger partial charge on any atom is 0.122 e. The molecule has 1 aromatic heterocycles. The van der Waals surface area contributed by atoms with E-state index in [9.17, 15) is 0 Å². The summed E-state index contributed by atoms with van der Waals surface area (Å²) in [4.78, 5) is 4.42. The molecule has 0 bridgehead atoms. The van der Waals surface area contributed by atoms with E-state index >= 15 is 0 Å². The predicted molar refractivity (Wildman–Crippen MR) is 79.0 cm³/mol. The van der Waals surface area contributed by atoms with Gasteiger partial charge in [0.1, 0.15) is 5.82 Å². The fourth-order valence-electron chi connectivity index (χ4n) is 2.17. The molecular weight excluding hydrogens is 234 g/mol. The highest BCUT2D eigenvalue weighted by atomic mass is 15.1. The van der Waals surface area contributed by atoms with Crippen LogP contribution >= 0.6 is 0 Å². The maximum atomic E-state index is 4.42. The highest BCUT2D eigenvalue weighted by molar-refractivity contribution is 5.23. The molecule has 3 nitrogen and oxygen atoms in total. The molecule has 102 valence electrons. The summed E-state index contributed by atoms with van der Waals surface area (Å²) in [6.45, 7) is 8.34. The summed E-state index contributed by atoms with van der Waals surface area (Å²) in [7, 11) is 0. The molecule has 1 N–H and O–H groups in total. The summed E-state index contributed by atoms with van der Waals surface area (Å²) in [5.74, 6) is 1.11. The summed E-state index contributed by atoms with van der Waals surface area (Å²) < 4.78 is 2.22. The first kappa shape index (κ1) is 13.8. The van der Waals surface area contributed by atoms with Crippen molar-refractivity contribution in [3.05, 3.63) is 53.6 Å². The third kappa shape index (κ3) is 3.67. The zero-order valence-electron chi connectivity index (χ0n) is 12.1. The number of hydrogen-bond acceptors (Lipinski definition) is 2. The van der Waals surface area contributed by atoms with Crippen molar-refractivity contribution in [2.45, 2.75) is 46.3 Å². The van der Waals surface area contributed by atoms with Gasteiger partial charge in [0.15, 0.2) is 0 Å². The Labute approximate surface area is 115 Å². The van der Waals surface area contributed by atoms with Crippen molar-refractivity contribution in [3.8, 4) is 0 Å². The van der Waals surface area contributed by atoms with Crippen LogP contribution < -0.4 is 5.32 Å². The Morgan fingerprint density at radius 2 is 2.00 bits per heavy atom. The van der Waals surface area contributed by atoms with E-state index in [1.165, 1.54) is 11.1 Å². The molecule has 0 unspecified atom stereocenters. The number of rotatable bonds is 6. The minimum Gasteiger partial charge on any atom is -0.334 e. The standard InChI is InChI=1S/C16H23N3/c1-4-10-19-11-9-17-16(19)12-18-14(3)15-7-5-13(2)6-8-15/h5-9,11,14,18H,4,10,12H2,1-3H3/t14-/m1/s1. The summed E-state index contributed by atoms with van der Waals surface area (Å²) in [6, 6.07) is 9.03. The minimum absolute atomic E-state index is 0.340. The molecule has 0 fully saturated rings. The molecular formula is C16H23N3. The average molecular weight is 257 g/mol. The van der Waals surface area contributed by atoms with Crippen LogP contribution in [0.5, 0.6) is 0 Å². The Bertz CT molecular complexity index is 499. The molecule has 0 saturated carbocycles. The van der Waals surface area contributed by atoms with Crippen molar-refractivity contribution in [1.82, 2.24) is 14.9 Å². The molecule has 1 atom stereocenters. The molecule has 0 saturated heterocycles. The smallest absolute Gasteiger partial charge is 0.122 e. The lowest BCUT2D eigenvalue weighted by molar-refractivity contribution is 0.532. The lowest BCUT2D eigenvalue weighted by Crippen LogP contribution is -2.20. The largest absolute Gasteiger partial charge is 0.334 e. The molecule has 0 aliphatic rings. The SMILES string of the molecule is CCCn1ccnc1CN[C@H](C)c1ccc(C)cc1. The Morgan fingerprint density at radius 3 is 2.68 bits per heavy atom. The Kier molecular flexibility index (Phi) is 4.74. The second kappa shape index (κ2) is 6.53. The van der Waals surface area contributed by atoms with Gasteiger partial charge in [0.25, 0.3) is 0 Å². The maximum absolute atomic E-state index is 4.42. The fraction of sp³-hybridized carbons (Fsp3) is 0.438. The van der Waals surface area contributed by atoms with E-state index in [0.29, 0.717) is 6.04 Å². The van der Waals surface area contributed by atoms with Crippen LogP contribution in [0.2, 0.25) is 0 Å². The van der Waals surface area contributed by atoms with E-state index in [1.54, 1.807) is 0 Å². The van der Waals surface area contributed by atoms with Crippen LogP contribution in [0, 0.1) is 6.92 Å². The molecule has 0 aliphatic heterocycles. The van der Waals surface area contributed by atoms with Gasteiger partial charge < -0.3 is 9.88 Å². The summed E-state index contributed by atoms with van der Waals surface area (Å²) in [5.41, 5.74) is 2.62. The minimum atomic E-state index is 0.340. The van der Waals surface area contributed by atoms with E-state index in [4.69, 9.17) is 0 Å². The molecule has 0 spiro atoms. The molecule has 2 rings (SSSR count). The van der Waals surface area contributed by atoms with Gasteiger partial charge in [-0.3, -0.25) is 0 Å². The number of nitrogens with one attached hydrogen (secondary N) is 1. The number of nitrogens with zero attached hydrogens (tertiary/aromatic N) is 2. The Morgan fingerprint density at radius 1 is 1.26 bits per heavy atom. The van der Waals surface area contributed by atoms with Gasteiger partial charge in [-0.15, -0.1) is 0 Å². The van der Waals surface area contributed by atoms with Crippen molar-refractivity contribution >= 4 is 0 Å². The summed E-state index contributed by atoms with van der Waals surface area (Å²) in [5, 5.41) is 3.54. The predicted octanol–water partition coefficient (Wildman–Crippen LogP) is 3.45. The lowest BCUT2D eigenvalue weighted by Gasteiger charge is -2.15. The van der Waals surface area contributed by atoms with Gasteiger partial charge in [-0.1, -0.05) is 36.8 Å². The van der Waals surface area contributed by atoms with E-state index in [2.05, 4.69) is 66.1 Å². The molecule has 2 aromatic rings. The highest BCUT2D eigenvalue weighted by Gasteiger charge is 2.07. The van der Waals surface area contributed by atoms with Crippen LogP contribution in [-0.4, -0.2) is 9.55 Å². The fourth-order valence-corrected chi connectivity index (χ4v) is 2.17. The highest BCUT2D eigenvalue weighted by Crippen LogP contribution is 2.13. The summed E-state index contributed by atoms with van der Waals surface area (Å²) >= 11 is 0. The lowest BCUT2D eigenvalue weighted by atomic mass is 10.1. The number of hydrogen-bond donors (Lipinski definition) is 1. The molecule has 0 amide bonds. The monoisotopic (exact) mass is 257 g/mol. The number of aryl methyl sites for hydroxylation is 2. The molecule has 1 heterocycles. The van der Waals surface area contributed by atoms with Crippen LogP contribution in [0.1, 0.15) is 43.3 Å². The second-order valence-electron chi connectivity index (χ2n) is 5.05. The van der Waals surface area contributed by atoms with Gasteiger partial charge in [0, 0.05) is 25.0 Å². The topological polar surface area (TPSA) is 29.9 Å². The van der Waals surface area contributed by atoms with Crippen molar-refractivity contribution in [1.29, 1.82) is 0 Å². The van der Waals surface area contributed by atoms with Crippen LogP contribution in [0.15, 0.2) is 36.7 Å². The second-order valence-corrected chi connectivity index (χ2v) is 5.05. The van der Waals surface area contributed by atoms with Gasteiger partial charge in [-0.25, -0.2) is 4.98 Å². The zero-order valence-corrected chi connectivity index (χ0v) is 12.1.